The van der Waals surface area contributed by atoms with Crippen molar-refractivity contribution in [2.45, 2.75) is 53.5 Å². The number of nitrogens with zero attached hydrogens (tertiary/aromatic N) is 3. The maximum atomic E-state index is 8.74. The number of nitrogens with one attached hydrogen (secondary N) is 2. The van der Waals surface area contributed by atoms with E-state index in [1.54, 1.807) is 12.4 Å². The van der Waals surface area contributed by atoms with Gasteiger partial charge in [0.15, 0.2) is 0 Å². The van der Waals surface area contributed by atoms with Crippen LogP contribution >= 0.6 is 0 Å². The number of nitrogen functional groups attached to an aromatic ring is 1. The molecule has 0 unspecified atom stereocenters. The second kappa shape index (κ2) is 12.4. The first-order valence-electron chi connectivity index (χ1n) is 11.5. The Bertz CT molecular complexity index is 1210. The number of anilines is 1. The molecule has 0 spiro atoms. The maximum absolute atomic E-state index is 8.74. The minimum Gasteiger partial charge on any atom is -0.674 e. The molecule has 2 aromatic heterocycles. The van der Waals surface area contributed by atoms with Crippen molar-refractivity contribution in [2.24, 2.45) is 18.2 Å². The van der Waals surface area contributed by atoms with Crippen LogP contribution in [-0.2, 0) is 13.6 Å². The van der Waals surface area contributed by atoms with Crippen LogP contribution < -0.4 is 62.9 Å². The van der Waals surface area contributed by atoms with E-state index in [9.17, 15) is 0 Å². The molecule has 0 atom stereocenters. The van der Waals surface area contributed by atoms with Crippen molar-refractivity contribution in [1.29, 1.82) is 5.41 Å². The van der Waals surface area contributed by atoms with E-state index in [2.05, 4.69) is 23.9 Å². The van der Waals surface area contributed by atoms with Gasteiger partial charge in [0, 0.05) is 47.6 Å². The Balaban J connectivity index is 0.000000409. The van der Waals surface area contributed by atoms with Crippen molar-refractivity contribution < 1.29 is 51.4 Å². The molecule has 1 aliphatic carbocycles. The van der Waals surface area contributed by atoms with E-state index in [1.165, 1.54) is 0 Å². The molecule has 0 aliphatic heterocycles. The van der Waals surface area contributed by atoms with Gasteiger partial charge in [-0.25, -0.2) is 0 Å². The van der Waals surface area contributed by atoms with E-state index < -0.39 is 0 Å². The second-order valence-corrected chi connectivity index (χ2v) is 9.77. The monoisotopic (exact) mass is 497 g/mol. The van der Waals surface area contributed by atoms with E-state index in [0.29, 0.717) is 17.9 Å². The molecule has 0 bridgehead atoms. The summed E-state index contributed by atoms with van der Waals surface area (Å²) in [5, 5.41) is 13.2. The molecule has 0 amide bonds. The topological polar surface area (TPSA) is 130 Å². The van der Waals surface area contributed by atoms with Gasteiger partial charge in [-0.15, -0.1) is 6.54 Å². The number of allylic oxidation sites excluding steroid dienone is 2. The van der Waals surface area contributed by atoms with Gasteiger partial charge in [-0.1, -0.05) is 25.5 Å². The molecule has 1 aliphatic rings. The SMILES string of the molecule is Cc1nn(C)c(C)c1-c1cc(N)cc(C(=N)C2=C(N)CC(C)(C)CC2)c1.[K+].[NH-]Cc1cccnc1. The van der Waals surface area contributed by atoms with Crippen LogP contribution in [0.25, 0.3) is 16.9 Å². The molecule has 35 heavy (non-hydrogen) atoms. The van der Waals surface area contributed by atoms with Crippen molar-refractivity contribution in [3.8, 4) is 11.1 Å². The van der Waals surface area contributed by atoms with Gasteiger partial charge in [0.25, 0.3) is 0 Å². The van der Waals surface area contributed by atoms with Crippen LogP contribution in [0.15, 0.2) is 54.0 Å². The number of rotatable bonds is 4. The fourth-order valence-electron chi connectivity index (χ4n) is 4.43. The zero-order valence-corrected chi connectivity index (χ0v) is 25.0. The van der Waals surface area contributed by atoms with E-state index in [0.717, 1.165) is 64.2 Å². The summed E-state index contributed by atoms with van der Waals surface area (Å²) in [7, 11) is 1.94. The minimum atomic E-state index is 0. The number of hydrogen-bond donors (Lipinski definition) is 3. The summed E-state index contributed by atoms with van der Waals surface area (Å²) >= 11 is 0. The zero-order chi connectivity index (χ0) is 25.0. The first-order valence-corrected chi connectivity index (χ1v) is 11.5. The molecule has 180 valence electrons. The fourth-order valence-corrected chi connectivity index (χ4v) is 4.43. The number of hydrogen-bond acceptors (Lipinski definition) is 5. The summed E-state index contributed by atoms with van der Waals surface area (Å²) in [6.07, 6.45) is 6.13. The Labute approximate surface area is 251 Å². The maximum Gasteiger partial charge on any atom is 1.00 e. The Kier molecular flexibility index (Phi) is 10.4. The molecule has 8 heteroatoms. The van der Waals surface area contributed by atoms with E-state index in [-0.39, 0.29) is 56.8 Å². The van der Waals surface area contributed by atoms with Gasteiger partial charge in [0.2, 0.25) is 0 Å². The van der Waals surface area contributed by atoms with Gasteiger partial charge in [-0.2, -0.15) is 5.10 Å². The molecule has 0 fully saturated rings. The normalized spacial score (nSPS) is 14.6. The molecule has 0 radical (unpaired) electrons. The summed E-state index contributed by atoms with van der Waals surface area (Å²) in [6.45, 7) is 8.83. The van der Waals surface area contributed by atoms with Crippen LogP contribution in [0.1, 0.15) is 55.6 Å². The van der Waals surface area contributed by atoms with Crippen LogP contribution in [0.2, 0.25) is 0 Å². The molecule has 0 saturated carbocycles. The third-order valence-electron chi connectivity index (χ3n) is 6.38. The Morgan fingerprint density at radius 3 is 2.43 bits per heavy atom. The molecule has 4 rings (SSSR count). The number of aromatic nitrogens is 3. The Morgan fingerprint density at radius 2 is 1.91 bits per heavy atom. The molecule has 1 aromatic carbocycles. The van der Waals surface area contributed by atoms with E-state index in [4.69, 9.17) is 22.6 Å². The van der Waals surface area contributed by atoms with Crippen LogP contribution in [0.5, 0.6) is 0 Å². The van der Waals surface area contributed by atoms with Gasteiger partial charge in [-0.3, -0.25) is 15.1 Å². The number of pyridine rings is 1. The Hall–Kier alpha value is -1.81. The van der Waals surface area contributed by atoms with Crippen LogP contribution in [0, 0.1) is 24.7 Å². The number of benzene rings is 1. The standard InChI is InChI=1S/C21H29N5.C6H7N2.K/c1-12-19(13(2)26(5)25-12)14-8-15(10-16(22)9-14)20(24)17-6-7-21(3,4)11-18(17)23;7-4-6-2-1-3-8-5-6;/h8-10,24H,6-7,11,22-23H2,1-5H3;1-3,5,7H,4H2;/q;-1;+1. The molecule has 6 N–H and O–H groups in total. The predicted octanol–water partition coefficient (Wildman–Crippen LogP) is 2.71. The average Bonchev–Trinajstić information content (AvgIpc) is 3.04. The van der Waals surface area contributed by atoms with Crippen LogP contribution in [0.4, 0.5) is 5.69 Å². The Morgan fingerprint density at radius 1 is 1.20 bits per heavy atom. The van der Waals surface area contributed by atoms with Gasteiger partial charge in [0.1, 0.15) is 0 Å². The van der Waals surface area contributed by atoms with Crippen molar-refractivity contribution in [1.82, 2.24) is 14.8 Å². The molecular weight excluding hydrogens is 461 g/mol. The summed E-state index contributed by atoms with van der Waals surface area (Å²) in [5.41, 5.74) is 28.5. The minimum absolute atomic E-state index is 0. The van der Waals surface area contributed by atoms with Crippen molar-refractivity contribution in [2.75, 3.05) is 5.73 Å². The molecule has 7 nitrogen and oxygen atoms in total. The van der Waals surface area contributed by atoms with Crippen molar-refractivity contribution >= 4 is 11.4 Å². The number of aryl methyl sites for hydroxylation is 2. The van der Waals surface area contributed by atoms with Crippen molar-refractivity contribution in [3.63, 3.8) is 0 Å². The number of nitrogens with two attached hydrogens (primary N) is 2. The van der Waals surface area contributed by atoms with Crippen molar-refractivity contribution in [3.05, 3.63) is 82.2 Å². The fraction of sp³-hybridized carbons (Fsp3) is 0.370. The summed E-state index contributed by atoms with van der Waals surface area (Å²) in [4.78, 5) is 3.84. The summed E-state index contributed by atoms with van der Waals surface area (Å²) in [6, 6.07) is 9.59. The third kappa shape index (κ3) is 7.35. The second-order valence-electron chi connectivity index (χ2n) is 9.77. The first kappa shape index (κ1) is 29.4. The average molecular weight is 498 g/mol. The molecule has 0 saturated heterocycles. The first-order chi connectivity index (χ1) is 16.0. The predicted molar refractivity (Wildman–Crippen MR) is 140 cm³/mol. The van der Waals surface area contributed by atoms with Crippen LogP contribution in [-0.4, -0.2) is 20.5 Å². The smallest absolute Gasteiger partial charge is 0.674 e. The van der Waals surface area contributed by atoms with Gasteiger partial charge >= 0.3 is 51.4 Å². The van der Waals surface area contributed by atoms with Crippen LogP contribution in [0.3, 0.4) is 0 Å². The largest absolute Gasteiger partial charge is 1.00 e. The van der Waals surface area contributed by atoms with Gasteiger partial charge < -0.3 is 17.2 Å². The quantitative estimate of drug-likeness (QED) is 0.291. The summed E-state index contributed by atoms with van der Waals surface area (Å²) in [5.74, 6) is 0. The van der Waals surface area contributed by atoms with Gasteiger partial charge in [-0.05, 0) is 73.9 Å². The third-order valence-corrected chi connectivity index (χ3v) is 6.38. The molecule has 2 heterocycles. The molecule has 3 aromatic rings. The van der Waals surface area contributed by atoms with Gasteiger partial charge in [0.05, 0.1) is 11.4 Å². The zero-order valence-electron chi connectivity index (χ0n) is 21.9. The van der Waals surface area contributed by atoms with E-state index >= 15 is 0 Å². The summed E-state index contributed by atoms with van der Waals surface area (Å²) < 4.78 is 1.88. The van der Waals surface area contributed by atoms with E-state index in [1.807, 2.05) is 55.9 Å². The molecular formula is C27H36KN7.